The number of rotatable bonds is 33. The van der Waals surface area contributed by atoms with Gasteiger partial charge in [-0.3, -0.25) is 61.0 Å². The first-order valence-corrected chi connectivity index (χ1v) is 41.7. The summed E-state index contributed by atoms with van der Waals surface area (Å²) in [7, 11) is -4.54. The van der Waals surface area contributed by atoms with Crippen LogP contribution in [0.4, 0.5) is 28.3 Å². The third-order valence-corrected chi connectivity index (χ3v) is 29.1. The fourth-order valence-electron chi connectivity index (χ4n) is 13.2. The van der Waals surface area contributed by atoms with Gasteiger partial charge in [0.1, 0.15) is 30.7 Å². The molecule has 5 aliphatic rings. The Morgan fingerprint density at radius 2 is 0.865 bits per heavy atom. The molecule has 0 saturated carbocycles. The van der Waals surface area contributed by atoms with Gasteiger partial charge in [0, 0.05) is 77.3 Å². The molecule has 0 spiro atoms. The van der Waals surface area contributed by atoms with E-state index in [0.29, 0.717) is 13.1 Å². The predicted octanol–water partition coefficient (Wildman–Crippen LogP) is -1.17. The van der Waals surface area contributed by atoms with Crippen molar-refractivity contribution in [1.82, 2.24) is 105 Å². The number of aliphatic hydroxyl groups is 1. The lowest BCUT2D eigenvalue weighted by Gasteiger charge is -2.46. The lowest BCUT2D eigenvalue weighted by atomic mass is 10.2. The van der Waals surface area contributed by atoms with Crippen LogP contribution >= 0.6 is 30.7 Å². The van der Waals surface area contributed by atoms with E-state index in [0.717, 1.165) is 4.57 Å². The zero-order valence-electron chi connectivity index (χ0n) is 63.4. The average molecular weight is 1650 g/mol. The topological polar surface area (TPSA) is 541 Å². The lowest BCUT2D eigenvalue weighted by Crippen LogP contribution is -2.52. The number of nitrogens with one attached hydrogen (secondary N) is 2. The molecule has 0 radical (unpaired) electrons. The summed E-state index contributed by atoms with van der Waals surface area (Å²) in [5.41, 5.74) is 21.1. The number of nitrogens with zero attached hydrogens (tertiary/aromatic N) is 20. The van der Waals surface area contributed by atoms with Crippen LogP contribution in [0.5, 0.6) is 0 Å². The van der Waals surface area contributed by atoms with Crippen molar-refractivity contribution < 1.29 is 79.4 Å². The van der Waals surface area contributed by atoms with Gasteiger partial charge in [0.25, 0.3) is 11.1 Å². The van der Waals surface area contributed by atoms with E-state index < -0.39 is 128 Å². The van der Waals surface area contributed by atoms with Gasteiger partial charge in [-0.05, 0) is 82.4 Å². The molecule has 5 saturated heterocycles. The molecular formula is C60H100N26O21P4. The van der Waals surface area contributed by atoms with Crippen molar-refractivity contribution >= 4 is 82.6 Å². The summed E-state index contributed by atoms with van der Waals surface area (Å²) >= 11 is 0. The highest BCUT2D eigenvalue weighted by Gasteiger charge is 2.50. The number of carbonyl (C=O) groups is 1. The van der Waals surface area contributed by atoms with Crippen molar-refractivity contribution in [2.45, 2.75) is 69.2 Å². The highest BCUT2D eigenvalue weighted by molar-refractivity contribution is 7.54. The van der Waals surface area contributed by atoms with Gasteiger partial charge < -0.3 is 84.2 Å². The molecule has 111 heavy (non-hydrogen) atoms. The number of morpholine rings is 4. The summed E-state index contributed by atoms with van der Waals surface area (Å²) in [6.07, 6.45) is -3.72. The number of carbonyl (C=O) groups excluding carboxylic acids is 1. The van der Waals surface area contributed by atoms with Crippen LogP contribution in [0.3, 0.4) is 0 Å². The molecule has 5 aliphatic heterocycles. The molecule has 0 aromatic carbocycles. The smallest absolute Gasteiger partial charge is 0.409 e. The first-order chi connectivity index (χ1) is 52.7. The minimum atomic E-state index is -4.42. The van der Waals surface area contributed by atoms with Gasteiger partial charge in [0.15, 0.2) is 34.8 Å². The number of nitrogens with two attached hydrogens (primary N) is 4. The maximum atomic E-state index is 16.4. The molecule has 4 unspecified atom stereocenters. The Bertz CT molecular complexity index is 4650. The summed E-state index contributed by atoms with van der Waals surface area (Å²) in [5, 5.41) is 8.90. The Hall–Kier alpha value is -6.95. The van der Waals surface area contributed by atoms with Gasteiger partial charge in [-0.15, -0.1) is 0 Å². The van der Waals surface area contributed by atoms with Crippen LogP contribution in [0.2, 0.25) is 0 Å². The number of hydrogen-bond donors (Lipinski definition) is 7. The SMILES string of the molecule is CC(C)N1C[C@@H](COP(=O)(N(C)C)N2C[C@@H](COP(=O)(N(C)C)N3C[C@@H](COP(=O)(N(C)C)N4C[C@@H](COP(=O)(N(C)C)N5CCN(C(=O)OCCOCCOCCO)CC5)O[C@@H](n5ccc(N)nc5=O)C4)O[C@@H](n4cnc5c(=O)[nH]c(N)nc54)C3)O[C@@H](n3cnc4c(=O)[nH]c(N)nc43)C2)O[C@@H](n2ccc(N)nc2=O)C1. The molecule has 6 aromatic rings. The molecule has 11 rings (SSSR count). The van der Waals surface area contributed by atoms with Crippen LogP contribution in [0, 0.1) is 0 Å². The minimum absolute atomic E-state index is 0.0127. The molecule has 5 fully saturated rings. The summed E-state index contributed by atoms with van der Waals surface area (Å²) in [6, 6.07) is 2.85. The van der Waals surface area contributed by atoms with Gasteiger partial charge >= 0.3 is 48.2 Å². The highest BCUT2D eigenvalue weighted by atomic mass is 31.2. The number of hydrogen-bond acceptors (Lipinski definition) is 32. The van der Waals surface area contributed by atoms with Gasteiger partial charge in [-0.2, -0.15) is 19.9 Å². The second kappa shape index (κ2) is 36.3. The number of piperazine rings is 1. The monoisotopic (exact) mass is 1640 g/mol. The summed E-state index contributed by atoms with van der Waals surface area (Å²) in [6.45, 7) is 2.75. The average Bonchev–Trinajstić information content (AvgIpc) is 1.74. The second-order valence-electron chi connectivity index (χ2n) is 27.7. The Morgan fingerprint density at radius 3 is 1.24 bits per heavy atom. The van der Waals surface area contributed by atoms with Crippen LogP contribution in [0.1, 0.15) is 38.8 Å². The van der Waals surface area contributed by atoms with Crippen molar-refractivity contribution in [2.24, 2.45) is 0 Å². The fourth-order valence-corrected chi connectivity index (χ4v) is 21.1. The summed E-state index contributed by atoms with van der Waals surface area (Å²) < 4.78 is 150. The molecular weight excluding hydrogens is 1540 g/mol. The van der Waals surface area contributed by atoms with Crippen LogP contribution in [0.15, 0.2) is 56.4 Å². The summed E-state index contributed by atoms with van der Waals surface area (Å²) in [4.78, 5) is 100. The van der Waals surface area contributed by atoms with E-state index in [2.05, 4.69) is 44.8 Å². The number of amides is 1. The normalized spacial score (nSPS) is 24.8. The lowest BCUT2D eigenvalue weighted by molar-refractivity contribution is -0.142. The quantitative estimate of drug-likeness (QED) is 0.0188. The van der Waals surface area contributed by atoms with E-state index in [1.54, 1.807) is 37.5 Å². The van der Waals surface area contributed by atoms with Crippen molar-refractivity contribution in [3.63, 3.8) is 0 Å². The molecule has 616 valence electrons. The highest BCUT2D eigenvalue weighted by Crippen LogP contribution is 2.59. The zero-order valence-corrected chi connectivity index (χ0v) is 66.9. The Balaban J connectivity index is 0.847. The van der Waals surface area contributed by atoms with Gasteiger partial charge in [0.05, 0.1) is 116 Å². The first kappa shape index (κ1) is 84.9. The number of nitrogen functional groups attached to an aromatic ring is 4. The van der Waals surface area contributed by atoms with Crippen LogP contribution in [0.25, 0.3) is 22.3 Å². The van der Waals surface area contributed by atoms with E-state index in [9.17, 15) is 24.0 Å². The van der Waals surface area contributed by atoms with Crippen LogP contribution in [-0.2, 0) is 69.5 Å². The standard InChI is InChI=1S/C60H100N26O21P4/c1-39(2)78-25-40(104-46(29-78)83-13-11-44(61)67-58(83)90)33-101-110(95,75(7)8)81-27-42(106-48(31-81)85-37-65-50-52(85)69-56(63)71-54(50)88)36-103-111(96,76(9)10)82-28-43(107-49(32-82)86-38-66-51-53(86)70-57(64)72-55(51)89)35-102-109(94,74(5)6)80-26-41(105-47(30-80)84-14-12-45(62)68-59(84)91)34-100-108(93,73(3)4)79-17-15-77(16-18-79)60(92)99-24-23-98-22-21-97-20-19-87/h11-14,37-43,46-49,87H,15-36H2,1-10H3,(H2,61,67,90)(H2,62,68,91)(H3,63,69,71,88)(H3,64,70,72,89)/t40-,41-,42-,43-,46+,47+,48+,49+,108?,109?,110?,111?/m0/s1. The molecule has 11 heterocycles. The van der Waals surface area contributed by atoms with Crippen molar-refractivity contribution in [3.05, 3.63) is 78.9 Å². The summed E-state index contributed by atoms with van der Waals surface area (Å²) in [5.74, 6) is -0.520. The molecule has 1 amide bonds. The maximum Gasteiger partial charge on any atom is 0.409 e. The number of fused-ring (bicyclic) bond motifs is 2. The minimum Gasteiger partial charge on any atom is -0.447 e. The molecule has 12 atom stereocenters. The molecule has 0 aliphatic carbocycles. The van der Waals surface area contributed by atoms with Crippen molar-refractivity contribution in [2.75, 3.05) is 224 Å². The maximum absolute atomic E-state index is 16.4. The van der Waals surface area contributed by atoms with E-state index in [4.69, 9.17) is 79.3 Å². The van der Waals surface area contributed by atoms with Crippen LogP contribution < -0.4 is 45.4 Å². The van der Waals surface area contributed by atoms with Gasteiger partial charge in [-0.1, -0.05) is 0 Å². The molecule has 51 heteroatoms. The molecule has 6 aromatic heterocycles. The number of aromatic amines is 2. The first-order valence-electron chi connectivity index (χ1n) is 35.6. The van der Waals surface area contributed by atoms with E-state index in [1.807, 2.05) is 13.8 Å². The number of imidazole rings is 2. The second-order valence-corrected chi connectivity index (χ2v) is 38.1. The number of H-pyrrole nitrogens is 2. The van der Waals surface area contributed by atoms with E-state index >= 15 is 18.3 Å². The number of anilines is 4. The van der Waals surface area contributed by atoms with Crippen molar-refractivity contribution in [3.8, 4) is 0 Å². The Kier molecular flexibility index (Phi) is 27.7. The van der Waals surface area contributed by atoms with Crippen molar-refractivity contribution in [1.29, 1.82) is 0 Å². The third-order valence-electron chi connectivity index (χ3n) is 18.9. The number of ether oxygens (including phenoxy) is 7. The number of aliphatic hydroxyl groups excluding tert-OH is 1. The van der Waals surface area contributed by atoms with Gasteiger partial charge in [0.2, 0.25) is 11.9 Å². The molecule has 11 N–H and O–H groups in total. The van der Waals surface area contributed by atoms with Gasteiger partial charge in [-0.25, -0.2) is 61.7 Å². The third kappa shape index (κ3) is 19.4. The number of aromatic nitrogens is 12. The largest absolute Gasteiger partial charge is 0.447 e. The zero-order chi connectivity index (χ0) is 80.0. The van der Waals surface area contributed by atoms with Crippen LogP contribution in [-0.4, -0.2) is 348 Å². The Morgan fingerprint density at radius 1 is 0.505 bits per heavy atom. The predicted molar refractivity (Wildman–Crippen MR) is 400 cm³/mol. The fraction of sp³-hybridized carbons (Fsp3) is 0.683. The van der Waals surface area contributed by atoms with E-state index in [-0.39, 0.29) is 164 Å². The van der Waals surface area contributed by atoms with E-state index in [1.165, 1.54) is 112 Å². The molecule has 0 bridgehead atoms. The Labute approximate surface area is 636 Å². The molecule has 47 nitrogen and oxygen atoms in total.